The maximum absolute atomic E-state index is 12.9. The number of nitrogens with one attached hydrogen (secondary N) is 1. The van der Waals surface area contributed by atoms with Crippen LogP contribution in [0.2, 0.25) is 0 Å². The number of amides is 1. The number of aryl methyl sites for hydroxylation is 1. The number of carbonyl (C=O) groups is 3. The van der Waals surface area contributed by atoms with Gasteiger partial charge in [0.15, 0.2) is 0 Å². The zero-order valence-corrected chi connectivity index (χ0v) is 24.4. The molecule has 0 fully saturated rings. The van der Waals surface area contributed by atoms with Crippen molar-refractivity contribution in [2.75, 3.05) is 29.7 Å². The Kier molecular flexibility index (Phi) is 13.3. The summed E-state index contributed by atoms with van der Waals surface area (Å²) in [6.07, 6.45) is -0.988. The minimum Gasteiger partial charge on any atom is -0.461 e. The van der Waals surface area contributed by atoms with Crippen molar-refractivity contribution in [3.63, 3.8) is 0 Å². The minimum absolute atomic E-state index is 0.0209. The van der Waals surface area contributed by atoms with Gasteiger partial charge in [0, 0.05) is 37.0 Å². The molecule has 1 amide bonds. The van der Waals surface area contributed by atoms with E-state index >= 15 is 0 Å². The Morgan fingerprint density at radius 1 is 0.829 bits per heavy atom. The Morgan fingerprint density at radius 3 is 1.98 bits per heavy atom. The lowest BCUT2D eigenvalue weighted by atomic mass is 10.1. The van der Waals surface area contributed by atoms with E-state index in [9.17, 15) is 14.4 Å². The fourth-order valence-electron chi connectivity index (χ4n) is 4.03. The van der Waals surface area contributed by atoms with E-state index in [1.807, 2.05) is 73.7 Å². The monoisotopic (exact) mass is 600 g/mol. The van der Waals surface area contributed by atoms with Gasteiger partial charge in [0.05, 0.1) is 0 Å². The Balaban J connectivity index is 1.62. The molecular weight excluding hydrogens is 567 g/mol. The van der Waals surface area contributed by atoms with Gasteiger partial charge in [0.25, 0.3) is 0 Å². The Bertz CT molecular complexity index is 1250. The van der Waals surface area contributed by atoms with Crippen molar-refractivity contribution in [2.45, 2.75) is 39.0 Å². The molecule has 0 saturated carbocycles. The van der Waals surface area contributed by atoms with Gasteiger partial charge >= 0.3 is 18.0 Å². The molecule has 1 atom stereocenters. The summed E-state index contributed by atoms with van der Waals surface area (Å²) in [5.41, 5.74) is 3.43. The number of hydrogen-bond donors (Lipinski definition) is 1. The second-order valence-corrected chi connectivity index (χ2v) is 9.93. The second kappa shape index (κ2) is 17.1. The summed E-state index contributed by atoms with van der Waals surface area (Å²) in [5, 5.41) is 2.54. The van der Waals surface area contributed by atoms with Crippen LogP contribution in [0.1, 0.15) is 29.5 Å². The van der Waals surface area contributed by atoms with E-state index in [-0.39, 0.29) is 26.1 Å². The van der Waals surface area contributed by atoms with Crippen LogP contribution in [0.5, 0.6) is 5.75 Å². The quantitative estimate of drug-likeness (QED) is 0.169. The first-order chi connectivity index (χ1) is 19.9. The third-order valence-electron chi connectivity index (χ3n) is 6.11. The highest BCUT2D eigenvalue weighted by Gasteiger charge is 2.25. The summed E-state index contributed by atoms with van der Waals surface area (Å²) in [7, 11) is 0. The molecule has 0 aliphatic carbocycles. The molecule has 0 saturated heterocycles. The van der Waals surface area contributed by atoms with Gasteiger partial charge in [0.1, 0.15) is 25.0 Å². The number of hydrogen-bond acceptors (Lipinski definition) is 7. The summed E-state index contributed by atoms with van der Waals surface area (Å²) >= 11 is 11.9. The van der Waals surface area contributed by atoms with Crippen LogP contribution in [0.3, 0.4) is 0 Å². The lowest BCUT2D eigenvalue weighted by Gasteiger charge is -2.25. The van der Waals surface area contributed by atoms with Crippen LogP contribution in [0.4, 0.5) is 10.5 Å². The Morgan fingerprint density at radius 2 is 1.41 bits per heavy atom. The molecule has 0 unspecified atom stereocenters. The second-order valence-electron chi connectivity index (χ2n) is 9.18. The van der Waals surface area contributed by atoms with E-state index in [0.29, 0.717) is 30.6 Å². The number of halogens is 2. The van der Waals surface area contributed by atoms with Gasteiger partial charge in [-0.25, -0.2) is 9.59 Å². The Labute approximate surface area is 250 Å². The zero-order valence-electron chi connectivity index (χ0n) is 22.9. The molecule has 0 bridgehead atoms. The molecule has 3 aromatic rings. The van der Waals surface area contributed by atoms with Crippen molar-refractivity contribution in [1.29, 1.82) is 0 Å². The van der Waals surface area contributed by atoms with Gasteiger partial charge in [-0.05, 0) is 48.2 Å². The van der Waals surface area contributed by atoms with Crippen LogP contribution in [0, 0.1) is 6.92 Å². The SMILES string of the molecule is Cc1cc(OC(=O)N[C@@H](CCC(=O)OCc2ccccc2)C(=O)OCc2ccccc2)ccc1N(CCCl)CCCl. The molecule has 0 heterocycles. The van der Waals surface area contributed by atoms with Gasteiger partial charge in [-0.15, -0.1) is 23.2 Å². The summed E-state index contributed by atoms with van der Waals surface area (Å²) in [4.78, 5) is 40.1. The molecule has 0 aliphatic heterocycles. The molecular formula is C31H34Cl2N2O6. The molecule has 10 heteroatoms. The van der Waals surface area contributed by atoms with Gasteiger partial charge < -0.3 is 24.4 Å². The molecule has 8 nitrogen and oxygen atoms in total. The molecule has 0 aromatic heterocycles. The van der Waals surface area contributed by atoms with E-state index in [1.165, 1.54) is 0 Å². The van der Waals surface area contributed by atoms with Crippen molar-refractivity contribution in [3.8, 4) is 5.75 Å². The maximum Gasteiger partial charge on any atom is 0.413 e. The number of esters is 2. The average molecular weight is 602 g/mol. The predicted octanol–water partition coefficient (Wildman–Crippen LogP) is 6.00. The number of carbonyl (C=O) groups excluding carboxylic acids is 3. The van der Waals surface area contributed by atoms with Gasteiger partial charge in [-0.2, -0.15) is 0 Å². The smallest absolute Gasteiger partial charge is 0.413 e. The van der Waals surface area contributed by atoms with E-state index in [4.69, 9.17) is 37.4 Å². The molecule has 3 rings (SSSR count). The van der Waals surface area contributed by atoms with Crippen LogP contribution < -0.4 is 15.0 Å². The average Bonchev–Trinajstić information content (AvgIpc) is 2.98. The summed E-state index contributed by atoms with van der Waals surface area (Å²) in [5.74, 6) is -0.0171. The van der Waals surface area contributed by atoms with Crippen LogP contribution in [0.15, 0.2) is 78.9 Å². The van der Waals surface area contributed by atoms with Crippen molar-refractivity contribution in [3.05, 3.63) is 95.6 Å². The van der Waals surface area contributed by atoms with Gasteiger partial charge in [0.2, 0.25) is 0 Å². The summed E-state index contributed by atoms with van der Waals surface area (Å²) in [6.45, 7) is 3.26. The number of ether oxygens (including phenoxy) is 3. The highest BCUT2D eigenvalue weighted by molar-refractivity contribution is 6.18. The van der Waals surface area contributed by atoms with Crippen molar-refractivity contribution in [1.82, 2.24) is 5.32 Å². The Hall–Kier alpha value is -3.75. The van der Waals surface area contributed by atoms with Crippen LogP contribution in [-0.4, -0.2) is 48.9 Å². The fourth-order valence-corrected chi connectivity index (χ4v) is 4.44. The molecule has 218 valence electrons. The lowest BCUT2D eigenvalue weighted by Crippen LogP contribution is -2.43. The van der Waals surface area contributed by atoms with Crippen LogP contribution in [0.25, 0.3) is 0 Å². The van der Waals surface area contributed by atoms with Crippen molar-refractivity contribution in [2.24, 2.45) is 0 Å². The number of rotatable bonds is 15. The zero-order chi connectivity index (χ0) is 29.5. The molecule has 0 spiro atoms. The van der Waals surface area contributed by atoms with E-state index in [0.717, 1.165) is 22.4 Å². The maximum atomic E-state index is 12.9. The minimum atomic E-state index is -1.13. The predicted molar refractivity (Wildman–Crippen MR) is 159 cm³/mol. The molecule has 1 N–H and O–H groups in total. The van der Waals surface area contributed by atoms with Gasteiger partial charge in [-0.3, -0.25) is 4.79 Å². The summed E-state index contributed by atoms with van der Waals surface area (Å²) < 4.78 is 16.2. The first-order valence-corrected chi connectivity index (χ1v) is 14.3. The summed E-state index contributed by atoms with van der Waals surface area (Å²) in [6, 6.07) is 22.5. The number of benzene rings is 3. The molecule has 0 aliphatic rings. The van der Waals surface area contributed by atoms with E-state index in [2.05, 4.69) is 10.2 Å². The molecule has 41 heavy (non-hydrogen) atoms. The van der Waals surface area contributed by atoms with E-state index in [1.54, 1.807) is 12.1 Å². The van der Waals surface area contributed by atoms with Gasteiger partial charge in [-0.1, -0.05) is 60.7 Å². The fraction of sp³-hybridized carbons (Fsp3) is 0.323. The third-order valence-corrected chi connectivity index (χ3v) is 6.45. The van der Waals surface area contributed by atoms with Crippen molar-refractivity contribution >= 4 is 46.9 Å². The molecule has 0 radical (unpaired) electrons. The topological polar surface area (TPSA) is 94.2 Å². The highest BCUT2D eigenvalue weighted by atomic mass is 35.5. The van der Waals surface area contributed by atoms with Crippen molar-refractivity contribution < 1.29 is 28.6 Å². The number of anilines is 1. The number of nitrogens with zero attached hydrogens (tertiary/aromatic N) is 1. The first-order valence-electron chi connectivity index (χ1n) is 13.3. The number of alkyl halides is 2. The third kappa shape index (κ3) is 11.0. The standard InChI is InChI=1S/C31H34Cl2N2O6/c1-23-20-26(12-14-28(23)35(18-16-32)19-17-33)41-31(38)34-27(30(37)40-22-25-10-6-3-7-11-25)13-15-29(36)39-21-24-8-4-2-5-9-24/h2-12,14,20,27H,13,15-19,21-22H2,1H3,(H,34,38)/t27-/m0/s1. The normalized spacial score (nSPS) is 11.3. The highest BCUT2D eigenvalue weighted by Crippen LogP contribution is 2.25. The van der Waals surface area contributed by atoms with E-state index < -0.39 is 24.1 Å². The lowest BCUT2D eigenvalue weighted by molar-refractivity contribution is -0.148. The van der Waals surface area contributed by atoms with Crippen LogP contribution >= 0.6 is 23.2 Å². The molecule has 3 aromatic carbocycles. The first kappa shape index (κ1) is 31.8. The van der Waals surface area contributed by atoms with Crippen LogP contribution in [-0.2, 0) is 32.3 Å². The largest absolute Gasteiger partial charge is 0.461 e.